The second-order valence-electron chi connectivity index (χ2n) is 7.27. The van der Waals surface area contributed by atoms with Gasteiger partial charge in [0.05, 0.1) is 0 Å². The maximum atomic E-state index is 12.4. The molecule has 0 bridgehead atoms. The zero-order chi connectivity index (χ0) is 19.1. The van der Waals surface area contributed by atoms with E-state index in [4.69, 9.17) is 0 Å². The number of hydrogen-bond acceptors (Lipinski definition) is 2. The van der Waals surface area contributed by atoms with Crippen LogP contribution in [0, 0.1) is 5.92 Å². The highest BCUT2D eigenvalue weighted by Crippen LogP contribution is 2.24. The van der Waals surface area contributed by atoms with Crippen molar-refractivity contribution in [1.82, 2.24) is 5.32 Å². The van der Waals surface area contributed by atoms with E-state index in [0.717, 1.165) is 23.4 Å². The van der Waals surface area contributed by atoms with Crippen LogP contribution >= 0.6 is 0 Å². The van der Waals surface area contributed by atoms with Crippen LogP contribution in [0.25, 0.3) is 11.1 Å². The topological polar surface area (TPSA) is 58.2 Å². The maximum absolute atomic E-state index is 12.4. The molecule has 142 valence electrons. The first-order chi connectivity index (χ1) is 13.2. The summed E-state index contributed by atoms with van der Waals surface area (Å²) in [6, 6.07) is 15.4. The molecule has 27 heavy (non-hydrogen) atoms. The number of hydrogen-bond donors (Lipinski definition) is 2. The Balaban J connectivity index is 1.57. The third kappa shape index (κ3) is 5.43. The van der Waals surface area contributed by atoms with E-state index in [1.54, 1.807) is 0 Å². The fourth-order valence-corrected chi connectivity index (χ4v) is 3.54. The predicted molar refractivity (Wildman–Crippen MR) is 110 cm³/mol. The summed E-state index contributed by atoms with van der Waals surface area (Å²) in [7, 11) is 0. The van der Waals surface area contributed by atoms with Crippen LogP contribution in [0.3, 0.4) is 0 Å². The van der Waals surface area contributed by atoms with E-state index in [2.05, 4.69) is 10.6 Å². The first-order valence-corrected chi connectivity index (χ1v) is 9.94. The van der Waals surface area contributed by atoms with Gasteiger partial charge in [-0.2, -0.15) is 0 Å². The van der Waals surface area contributed by atoms with Gasteiger partial charge in [0, 0.05) is 24.2 Å². The quantitative estimate of drug-likeness (QED) is 0.757. The molecule has 0 heterocycles. The molecule has 1 saturated carbocycles. The Bertz CT molecular complexity index is 760. The molecule has 2 aromatic carbocycles. The summed E-state index contributed by atoms with van der Waals surface area (Å²) < 4.78 is 0. The van der Waals surface area contributed by atoms with Gasteiger partial charge in [-0.15, -0.1) is 0 Å². The molecule has 1 aliphatic carbocycles. The van der Waals surface area contributed by atoms with Gasteiger partial charge >= 0.3 is 0 Å². The number of anilines is 1. The predicted octanol–water partition coefficient (Wildman–Crippen LogP) is 5.01. The molecule has 2 N–H and O–H groups in total. The Labute approximate surface area is 161 Å². The third-order valence-electron chi connectivity index (χ3n) is 5.25. The van der Waals surface area contributed by atoms with Gasteiger partial charge in [0.1, 0.15) is 0 Å². The Morgan fingerprint density at radius 3 is 2.07 bits per heavy atom. The lowest BCUT2D eigenvalue weighted by atomic mass is 9.89. The Morgan fingerprint density at radius 1 is 0.889 bits per heavy atom. The molecule has 0 saturated heterocycles. The second kappa shape index (κ2) is 9.36. The van der Waals surface area contributed by atoms with Gasteiger partial charge < -0.3 is 10.6 Å². The molecule has 1 aliphatic rings. The van der Waals surface area contributed by atoms with Crippen molar-refractivity contribution in [3.05, 3.63) is 54.1 Å². The monoisotopic (exact) mass is 364 g/mol. The first kappa shape index (κ1) is 19.2. The van der Waals surface area contributed by atoms with Crippen LogP contribution in [0.2, 0.25) is 0 Å². The largest absolute Gasteiger partial charge is 0.352 e. The average Bonchev–Trinajstić information content (AvgIpc) is 2.73. The van der Waals surface area contributed by atoms with Gasteiger partial charge in [0.25, 0.3) is 5.91 Å². The summed E-state index contributed by atoms with van der Waals surface area (Å²) in [6.45, 7) is 2.61. The van der Waals surface area contributed by atoms with E-state index in [1.807, 2.05) is 55.5 Å². The van der Waals surface area contributed by atoms with Crippen molar-refractivity contribution < 1.29 is 9.59 Å². The lowest BCUT2D eigenvalue weighted by Crippen LogP contribution is -2.30. The van der Waals surface area contributed by atoms with Gasteiger partial charge in [-0.3, -0.25) is 9.59 Å². The van der Waals surface area contributed by atoms with Crippen LogP contribution in [0.5, 0.6) is 0 Å². The van der Waals surface area contributed by atoms with Crippen LogP contribution in [0.1, 0.15) is 55.8 Å². The average molecular weight is 364 g/mol. The van der Waals surface area contributed by atoms with Gasteiger partial charge in [-0.1, -0.05) is 50.5 Å². The zero-order valence-corrected chi connectivity index (χ0v) is 16.0. The van der Waals surface area contributed by atoms with E-state index in [0.29, 0.717) is 17.9 Å². The van der Waals surface area contributed by atoms with Crippen molar-refractivity contribution in [3.8, 4) is 11.1 Å². The molecule has 2 aromatic rings. The third-order valence-corrected chi connectivity index (χ3v) is 5.25. The molecular formula is C23H28N2O2. The van der Waals surface area contributed by atoms with Crippen molar-refractivity contribution >= 4 is 17.5 Å². The molecule has 0 atom stereocenters. The zero-order valence-electron chi connectivity index (χ0n) is 16.0. The van der Waals surface area contributed by atoms with Crippen molar-refractivity contribution in [3.63, 3.8) is 0 Å². The second-order valence-corrected chi connectivity index (χ2v) is 7.27. The summed E-state index contributed by atoms with van der Waals surface area (Å²) >= 11 is 0. The van der Waals surface area contributed by atoms with Gasteiger partial charge in [-0.05, 0) is 54.2 Å². The Morgan fingerprint density at radius 2 is 1.48 bits per heavy atom. The molecule has 3 rings (SSSR count). The van der Waals surface area contributed by atoms with Crippen LogP contribution < -0.4 is 10.6 Å². The Hall–Kier alpha value is -2.62. The highest BCUT2D eigenvalue weighted by atomic mass is 16.2. The van der Waals surface area contributed by atoms with E-state index in [9.17, 15) is 9.59 Å². The van der Waals surface area contributed by atoms with Crippen molar-refractivity contribution in [1.29, 1.82) is 0 Å². The van der Waals surface area contributed by atoms with Crippen LogP contribution in [0.4, 0.5) is 5.69 Å². The number of amides is 2. The normalized spacial score (nSPS) is 14.6. The molecule has 0 aliphatic heterocycles. The fourth-order valence-electron chi connectivity index (χ4n) is 3.54. The molecule has 4 heteroatoms. The number of carbonyl (C=O) groups excluding carboxylic acids is 2. The minimum absolute atomic E-state index is 0.00440. The minimum atomic E-state index is 0.00440. The van der Waals surface area contributed by atoms with Gasteiger partial charge in [0.2, 0.25) is 5.91 Å². The molecule has 0 aromatic heterocycles. The lowest BCUT2D eigenvalue weighted by molar-refractivity contribution is -0.115. The number of carbonyl (C=O) groups is 2. The molecule has 4 nitrogen and oxygen atoms in total. The van der Waals surface area contributed by atoms with Crippen molar-refractivity contribution in [2.45, 2.75) is 45.4 Å². The van der Waals surface area contributed by atoms with Gasteiger partial charge in [-0.25, -0.2) is 0 Å². The smallest absolute Gasteiger partial charge is 0.251 e. The molecular weight excluding hydrogens is 336 g/mol. The molecule has 0 unspecified atom stereocenters. The van der Waals surface area contributed by atoms with Crippen LogP contribution in [-0.2, 0) is 4.79 Å². The maximum Gasteiger partial charge on any atom is 0.251 e. The summed E-state index contributed by atoms with van der Waals surface area (Å²) in [5.74, 6) is 0.643. The van der Waals surface area contributed by atoms with Crippen molar-refractivity contribution in [2.75, 3.05) is 11.9 Å². The summed E-state index contributed by atoms with van der Waals surface area (Å²) in [5.41, 5.74) is 3.59. The molecule has 1 fully saturated rings. The van der Waals surface area contributed by atoms with Crippen LogP contribution in [-0.4, -0.2) is 18.4 Å². The first-order valence-electron chi connectivity index (χ1n) is 9.94. The molecule has 0 radical (unpaired) electrons. The summed E-state index contributed by atoms with van der Waals surface area (Å²) in [5, 5.41) is 5.92. The van der Waals surface area contributed by atoms with E-state index >= 15 is 0 Å². The molecule has 2 amide bonds. The number of rotatable bonds is 6. The highest BCUT2D eigenvalue weighted by Gasteiger charge is 2.15. The number of benzene rings is 2. The van der Waals surface area contributed by atoms with E-state index < -0.39 is 0 Å². The minimum Gasteiger partial charge on any atom is -0.352 e. The fraction of sp³-hybridized carbons (Fsp3) is 0.391. The summed E-state index contributed by atoms with van der Waals surface area (Å²) in [4.78, 5) is 23.8. The standard InChI is InChI=1S/C23H28N2O2/c1-2-22(26)25-21-14-12-19(13-15-21)18-8-10-20(11-9-18)23(27)24-16-17-6-4-3-5-7-17/h8-15,17H,2-7,16H2,1H3,(H,24,27)(H,25,26). The van der Waals surface area contributed by atoms with Crippen molar-refractivity contribution in [2.24, 2.45) is 5.92 Å². The van der Waals surface area contributed by atoms with Crippen LogP contribution in [0.15, 0.2) is 48.5 Å². The van der Waals surface area contributed by atoms with E-state index in [-0.39, 0.29) is 11.8 Å². The molecule has 0 spiro atoms. The lowest BCUT2D eigenvalue weighted by Gasteiger charge is -2.21. The van der Waals surface area contributed by atoms with Gasteiger partial charge in [0.15, 0.2) is 0 Å². The Kier molecular flexibility index (Phi) is 6.64. The summed E-state index contributed by atoms with van der Waals surface area (Å²) in [6.07, 6.45) is 6.83. The van der Waals surface area contributed by atoms with E-state index in [1.165, 1.54) is 32.1 Å². The SMILES string of the molecule is CCC(=O)Nc1ccc(-c2ccc(C(=O)NCC3CCCCC3)cc2)cc1. The number of nitrogens with one attached hydrogen (secondary N) is 2. The highest BCUT2D eigenvalue weighted by molar-refractivity contribution is 5.94.